The predicted molar refractivity (Wildman–Crippen MR) is 120 cm³/mol. The Kier molecular flexibility index (Phi) is 6.01. The van der Waals surface area contributed by atoms with Crippen molar-refractivity contribution in [3.05, 3.63) is 58.7 Å². The van der Waals surface area contributed by atoms with Gasteiger partial charge in [0, 0.05) is 37.1 Å². The number of fused-ring (bicyclic) bond motifs is 1. The zero-order valence-electron chi connectivity index (χ0n) is 17.6. The average molecular weight is 422 g/mol. The number of aromatic nitrogens is 2. The van der Waals surface area contributed by atoms with Crippen LogP contribution in [0.25, 0.3) is 10.9 Å². The second kappa shape index (κ2) is 8.87. The molecule has 0 atom stereocenters. The van der Waals surface area contributed by atoms with E-state index in [2.05, 4.69) is 16.9 Å². The molecule has 1 saturated heterocycles. The van der Waals surface area contributed by atoms with Crippen molar-refractivity contribution in [2.75, 3.05) is 36.8 Å². The van der Waals surface area contributed by atoms with Gasteiger partial charge in [-0.3, -0.25) is 4.79 Å². The molecule has 31 heavy (non-hydrogen) atoms. The summed E-state index contributed by atoms with van der Waals surface area (Å²) in [6.07, 6.45) is 0.948. The third-order valence-corrected chi connectivity index (χ3v) is 5.83. The quantitative estimate of drug-likeness (QED) is 0.574. The first-order chi connectivity index (χ1) is 15.0. The highest BCUT2D eigenvalue weighted by atomic mass is 16.3. The SMILES string of the molecule is CCc1ccc(C(=O)N2CCN(c3nc(N)c4cc(CO)c(CO)cc4n3)CC2)cc1. The monoisotopic (exact) mass is 421 g/mol. The Labute approximate surface area is 180 Å². The molecular weight excluding hydrogens is 394 g/mol. The van der Waals surface area contributed by atoms with E-state index in [0.717, 1.165) is 6.42 Å². The minimum Gasteiger partial charge on any atom is -0.392 e. The summed E-state index contributed by atoms with van der Waals surface area (Å²) in [6.45, 7) is 4.06. The summed E-state index contributed by atoms with van der Waals surface area (Å²) < 4.78 is 0. The molecule has 0 spiro atoms. The largest absolute Gasteiger partial charge is 0.392 e. The van der Waals surface area contributed by atoms with Crippen molar-refractivity contribution in [2.24, 2.45) is 0 Å². The summed E-state index contributed by atoms with van der Waals surface area (Å²) in [6, 6.07) is 11.2. The van der Waals surface area contributed by atoms with Crippen LogP contribution >= 0.6 is 0 Å². The highest BCUT2D eigenvalue weighted by molar-refractivity contribution is 5.94. The lowest BCUT2D eigenvalue weighted by molar-refractivity contribution is 0.0746. The van der Waals surface area contributed by atoms with E-state index < -0.39 is 0 Å². The van der Waals surface area contributed by atoms with Gasteiger partial charge in [0.25, 0.3) is 5.91 Å². The molecule has 0 unspecified atom stereocenters. The number of nitrogen functional groups attached to an aromatic ring is 1. The summed E-state index contributed by atoms with van der Waals surface area (Å²) in [4.78, 5) is 25.8. The first kappa shape index (κ1) is 21.0. The van der Waals surface area contributed by atoms with E-state index in [1.807, 2.05) is 34.1 Å². The number of benzene rings is 2. The van der Waals surface area contributed by atoms with Crippen molar-refractivity contribution >= 4 is 28.6 Å². The van der Waals surface area contributed by atoms with Crippen LogP contribution in [0.2, 0.25) is 0 Å². The van der Waals surface area contributed by atoms with Crippen molar-refractivity contribution in [1.29, 1.82) is 0 Å². The summed E-state index contributed by atoms with van der Waals surface area (Å²) in [7, 11) is 0. The number of nitrogens with two attached hydrogens (primary N) is 1. The van der Waals surface area contributed by atoms with Crippen LogP contribution in [-0.4, -0.2) is 57.2 Å². The Morgan fingerprint density at radius 3 is 2.26 bits per heavy atom. The fraction of sp³-hybridized carbons (Fsp3) is 0.348. The minimum absolute atomic E-state index is 0.0327. The zero-order valence-corrected chi connectivity index (χ0v) is 17.6. The molecule has 162 valence electrons. The lowest BCUT2D eigenvalue weighted by atomic mass is 10.1. The number of aryl methyl sites for hydroxylation is 1. The van der Waals surface area contributed by atoms with E-state index in [9.17, 15) is 15.0 Å². The first-order valence-electron chi connectivity index (χ1n) is 10.5. The number of hydrogen-bond acceptors (Lipinski definition) is 7. The van der Waals surface area contributed by atoms with Crippen LogP contribution in [0.15, 0.2) is 36.4 Å². The maximum absolute atomic E-state index is 12.8. The molecule has 4 rings (SSSR count). The number of aliphatic hydroxyl groups excluding tert-OH is 2. The van der Waals surface area contributed by atoms with Gasteiger partial charge in [0.05, 0.1) is 18.7 Å². The second-order valence-corrected chi connectivity index (χ2v) is 7.69. The summed E-state index contributed by atoms with van der Waals surface area (Å²) in [5, 5.41) is 19.7. The lowest BCUT2D eigenvalue weighted by Gasteiger charge is -2.35. The van der Waals surface area contributed by atoms with Crippen LogP contribution in [-0.2, 0) is 19.6 Å². The van der Waals surface area contributed by atoms with Crippen LogP contribution in [0.3, 0.4) is 0 Å². The number of carbonyl (C=O) groups excluding carboxylic acids is 1. The molecule has 1 fully saturated rings. The minimum atomic E-state index is -0.190. The van der Waals surface area contributed by atoms with Crippen molar-refractivity contribution in [3.8, 4) is 0 Å². The van der Waals surface area contributed by atoms with Gasteiger partial charge in [-0.1, -0.05) is 19.1 Å². The highest BCUT2D eigenvalue weighted by Crippen LogP contribution is 2.26. The number of rotatable bonds is 5. The van der Waals surface area contributed by atoms with E-state index in [4.69, 9.17) is 5.73 Å². The van der Waals surface area contributed by atoms with Crippen LogP contribution in [0.4, 0.5) is 11.8 Å². The summed E-state index contributed by atoms with van der Waals surface area (Å²) in [5.74, 6) is 0.865. The van der Waals surface area contributed by atoms with E-state index in [1.54, 1.807) is 12.1 Å². The van der Waals surface area contributed by atoms with Gasteiger partial charge in [-0.25, -0.2) is 4.98 Å². The zero-order chi connectivity index (χ0) is 22.0. The van der Waals surface area contributed by atoms with Crippen LogP contribution in [0.5, 0.6) is 0 Å². The van der Waals surface area contributed by atoms with Crippen LogP contribution in [0.1, 0.15) is 34.0 Å². The molecule has 1 aliphatic rings. The summed E-state index contributed by atoms with van der Waals surface area (Å²) in [5.41, 5.74) is 9.93. The molecule has 0 aliphatic carbocycles. The standard InChI is InChI=1S/C23H27N5O3/c1-2-15-3-5-16(6-4-15)22(31)27-7-9-28(10-8-27)23-25-20-12-18(14-30)17(13-29)11-19(20)21(24)26-23/h3-6,11-12,29-30H,2,7-10,13-14H2,1H3,(H2,24,25,26). The first-order valence-corrected chi connectivity index (χ1v) is 10.5. The number of aliphatic hydroxyl groups is 2. The van der Waals surface area contributed by atoms with E-state index in [1.165, 1.54) is 5.56 Å². The van der Waals surface area contributed by atoms with Gasteiger partial charge >= 0.3 is 0 Å². The number of hydrogen-bond donors (Lipinski definition) is 3. The third-order valence-electron chi connectivity index (χ3n) is 5.83. The van der Waals surface area contributed by atoms with E-state index in [0.29, 0.717) is 65.5 Å². The Morgan fingerprint density at radius 2 is 1.65 bits per heavy atom. The van der Waals surface area contributed by atoms with Crippen molar-refractivity contribution in [2.45, 2.75) is 26.6 Å². The molecule has 1 amide bonds. The smallest absolute Gasteiger partial charge is 0.253 e. The predicted octanol–water partition coefficient (Wildman–Crippen LogP) is 1.72. The maximum atomic E-state index is 12.8. The van der Waals surface area contributed by atoms with Gasteiger partial charge in [0.1, 0.15) is 5.82 Å². The molecule has 2 aromatic carbocycles. The summed E-state index contributed by atoms with van der Waals surface area (Å²) >= 11 is 0. The van der Waals surface area contributed by atoms with Crippen molar-refractivity contribution < 1.29 is 15.0 Å². The van der Waals surface area contributed by atoms with Crippen molar-refractivity contribution in [3.63, 3.8) is 0 Å². The Hall–Kier alpha value is -3.23. The van der Waals surface area contributed by atoms with Crippen LogP contribution < -0.4 is 10.6 Å². The van der Waals surface area contributed by atoms with E-state index in [-0.39, 0.29) is 19.1 Å². The molecule has 2 heterocycles. The van der Waals surface area contributed by atoms with Gasteiger partial charge in [0.2, 0.25) is 5.95 Å². The van der Waals surface area contributed by atoms with E-state index >= 15 is 0 Å². The molecule has 0 radical (unpaired) electrons. The Bertz CT molecular complexity index is 1090. The number of amides is 1. The molecule has 8 heteroatoms. The third kappa shape index (κ3) is 4.17. The Morgan fingerprint density at radius 1 is 1.00 bits per heavy atom. The fourth-order valence-corrected chi connectivity index (χ4v) is 3.89. The number of carbonyl (C=O) groups is 1. The Balaban J connectivity index is 1.50. The van der Waals surface area contributed by atoms with Gasteiger partial charge in [-0.2, -0.15) is 4.98 Å². The molecule has 3 aromatic rings. The maximum Gasteiger partial charge on any atom is 0.253 e. The molecular formula is C23H27N5O3. The van der Waals surface area contributed by atoms with Crippen molar-refractivity contribution in [1.82, 2.24) is 14.9 Å². The lowest BCUT2D eigenvalue weighted by Crippen LogP contribution is -2.49. The number of nitrogens with zero attached hydrogens (tertiary/aromatic N) is 4. The van der Waals surface area contributed by atoms with Gasteiger partial charge < -0.3 is 25.7 Å². The molecule has 1 aromatic heterocycles. The van der Waals surface area contributed by atoms with Gasteiger partial charge in [-0.15, -0.1) is 0 Å². The van der Waals surface area contributed by atoms with Gasteiger partial charge in [0.15, 0.2) is 0 Å². The normalized spacial score (nSPS) is 14.3. The molecule has 4 N–H and O–H groups in total. The second-order valence-electron chi connectivity index (χ2n) is 7.69. The number of anilines is 2. The average Bonchev–Trinajstić information content (AvgIpc) is 2.82. The topological polar surface area (TPSA) is 116 Å². The molecule has 1 aliphatic heterocycles. The highest BCUT2D eigenvalue weighted by Gasteiger charge is 2.24. The molecule has 8 nitrogen and oxygen atoms in total. The number of piperazine rings is 1. The fourth-order valence-electron chi connectivity index (χ4n) is 3.89. The van der Waals surface area contributed by atoms with Crippen LogP contribution in [0, 0.1) is 0 Å². The van der Waals surface area contributed by atoms with Gasteiger partial charge in [-0.05, 0) is 47.4 Å². The molecule has 0 bridgehead atoms. The molecule has 0 saturated carbocycles.